The van der Waals surface area contributed by atoms with Gasteiger partial charge in [0.2, 0.25) is 10.0 Å². The Bertz CT molecular complexity index is 396. The zero-order valence-electron chi connectivity index (χ0n) is 11.5. The van der Waals surface area contributed by atoms with Crippen molar-refractivity contribution in [3.05, 3.63) is 0 Å². The topological polar surface area (TPSA) is 58.6 Å². The van der Waals surface area contributed by atoms with Crippen LogP contribution in [0.25, 0.3) is 0 Å². The Labute approximate surface area is 110 Å². The summed E-state index contributed by atoms with van der Waals surface area (Å²) in [6.07, 6.45) is 0. The molecule has 2 heterocycles. The average molecular weight is 276 g/mol. The van der Waals surface area contributed by atoms with Crippen molar-refractivity contribution in [1.29, 1.82) is 0 Å². The lowest BCUT2D eigenvalue weighted by molar-refractivity contribution is 0.121. The first-order chi connectivity index (χ1) is 8.38. The van der Waals surface area contributed by atoms with E-state index in [2.05, 4.69) is 23.5 Å². The van der Waals surface area contributed by atoms with Crippen molar-refractivity contribution in [1.82, 2.24) is 9.62 Å². The number of hydrogen-bond donors (Lipinski definition) is 1. The highest BCUT2D eigenvalue weighted by Gasteiger charge is 2.51. The molecule has 2 rings (SSSR count). The van der Waals surface area contributed by atoms with Crippen LogP contribution in [0.15, 0.2) is 0 Å². The maximum absolute atomic E-state index is 11.6. The molecule has 2 atom stereocenters. The molecule has 6 heteroatoms. The molecule has 0 saturated carbocycles. The third-order valence-corrected chi connectivity index (χ3v) is 5.65. The summed E-state index contributed by atoms with van der Waals surface area (Å²) in [4.78, 5) is 2.42. The fraction of sp³-hybridized carbons (Fsp3) is 1.00. The van der Waals surface area contributed by atoms with Crippen LogP contribution in [0, 0.1) is 11.3 Å². The molecule has 2 aliphatic rings. The van der Waals surface area contributed by atoms with E-state index in [1.165, 1.54) is 0 Å². The number of likely N-dealkylation sites (tertiary alicyclic amines) is 1. The van der Waals surface area contributed by atoms with Crippen LogP contribution < -0.4 is 4.72 Å². The van der Waals surface area contributed by atoms with Crippen LogP contribution in [0.1, 0.15) is 20.8 Å². The molecule has 0 bridgehead atoms. The molecule has 0 radical (unpaired) electrons. The second-order valence-corrected chi connectivity index (χ2v) is 7.92. The Balaban J connectivity index is 2.04. The number of ether oxygens (including phenoxy) is 1. The van der Waals surface area contributed by atoms with Crippen LogP contribution in [0.2, 0.25) is 0 Å². The summed E-state index contributed by atoms with van der Waals surface area (Å²) in [5.74, 6) is 0.599. The van der Waals surface area contributed by atoms with E-state index in [4.69, 9.17) is 4.74 Å². The summed E-state index contributed by atoms with van der Waals surface area (Å²) >= 11 is 0. The Morgan fingerprint density at radius 2 is 2.22 bits per heavy atom. The van der Waals surface area contributed by atoms with E-state index in [1.54, 1.807) is 6.92 Å². The van der Waals surface area contributed by atoms with E-state index in [0.29, 0.717) is 25.1 Å². The minimum Gasteiger partial charge on any atom is -0.380 e. The highest BCUT2D eigenvalue weighted by molar-refractivity contribution is 7.89. The molecule has 0 spiro atoms. The SMILES string of the molecule is CCS(=O)(=O)NC[C@]12COC[C@H]1CN(C(C)C)C2. The van der Waals surface area contributed by atoms with Crippen LogP contribution in [0.5, 0.6) is 0 Å². The van der Waals surface area contributed by atoms with E-state index in [1.807, 2.05) is 0 Å². The maximum Gasteiger partial charge on any atom is 0.211 e. The molecule has 0 amide bonds. The molecular weight excluding hydrogens is 252 g/mol. The highest BCUT2D eigenvalue weighted by atomic mass is 32.2. The van der Waals surface area contributed by atoms with Gasteiger partial charge in [-0.15, -0.1) is 0 Å². The molecule has 18 heavy (non-hydrogen) atoms. The molecule has 0 aromatic carbocycles. The molecule has 5 nitrogen and oxygen atoms in total. The Morgan fingerprint density at radius 1 is 1.50 bits per heavy atom. The first-order valence-electron chi connectivity index (χ1n) is 6.68. The van der Waals surface area contributed by atoms with Gasteiger partial charge in [-0.3, -0.25) is 4.90 Å². The van der Waals surface area contributed by atoms with Gasteiger partial charge in [-0.1, -0.05) is 0 Å². The normalized spacial score (nSPS) is 33.2. The standard InChI is InChI=1S/C12H24N2O3S/c1-4-18(15,16)13-7-12-8-14(10(2)3)5-11(12)6-17-9-12/h10-11,13H,4-9H2,1-3H3/t11-,12+/m1/s1. The lowest BCUT2D eigenvalue weighted by Crippen LogP contribution is -2.44. The molecule has 0 aromatic rings. The van der Waals surface area contributed by atoms with Crippen LogP contribution in [-0.2, 0) is 14.8 Å². The molecule has 2 fully saturated rings. The quantitative estimate of drug-likeness (QED) is 0.784. The fourth-order valence-electron chi connectivity index (χ4n) is 2.87. The summed E-state index contributed by atoms with van der Waals surface area (Å²) in [6.45, 7) is 9.93. The number of rotatable bonds is 5. The summed E-state index contributed by atoms with van der Waals surface area (Å²) in [7, 11) is -3.11. The number of fused-ring (bicyclic) bond motifs is 1. The van der Waals surface area contributed by atoms with Gasteiger partial charge >= 0.3 is 0 Å². The van der Waals surface area contributed by atoms with Gasteiger partial charge in [0.05, 0.1) is 19.0 Å². The monoisotopic (exact) mass is 276 g/mol. The first kappa shape index (κ1) is 14.2. The van der Waals surface area contributed by atoms with E-state index in [-0.39, 0.29) is 11.2 Å². The molecule has 106 valence electrons. The van der Waals surface area contributed by atoms with Gasteiger partial charge in [-0.2, -0.15) is 0 Å². The minimum atomic E-state index is -3.11. The van der Waals surface area contributed by atoms with Crippen molar-refractivity contribution in [2.75, 3.05) is 38.6 Å². The van der Waals surface area contributed by atoms with Gasteiger partial charge in [0.1, 0.15) is 0 Å². The predicted octanol–water partition coefficient (Wildman–Crippen LogP) is 0.283. The zero-order chi connectivity index (χ0) is 13.4. The van der Waals surface area contributed by atoms with Crippen LogP contribution in [0.3, 0.4) is 0 Å². The van der Waals surface area contributed by atoms with Crippen molar-refractivity contribution in [2.24, 2.45) is 11.3 Å². The second kappa shape index (κ2) is 5.07. The molecular formula is C12H24N2O3S. The molecule has 0 unspecified atom stereocenters. The van der Waals surface area contributed by atoms with Crippen LogP contribution >= 0.6 is 0 Å². The van der Waals surface area contributed by atoms with E-state index in [9.17, 15) is 8.42 Å². The summed E-state index contributed by atoms with van der Waals surface area (Å²) in [5.41, 5.74) is -0.0213. The molecule has 2 aliphatic heterocycles. The Hall–Kier alpha value is -0.170. The van der Waals surface area contributed by atoms with Crippen molar-refractivity contribution in [2.45, 2.75) is 26.8 Å². The summed E-state index contributed by atoms with van der Waals surface area (Å²) in [6, 6.07) is 0.509. The van der Waals surface area contributed by atoms with Crippen molar-refractivity contribution >= 4 is 10.0 Å². The van der Waals surface area contributed by atoms with Crippen molar-refractivity contribution in [3.63, 3.8) is 0 Å². The molecule has 2 saturated heterocycles. The van der Waals surface area contributed by atoms with E-state index < -0.39 is 10.0 Å². The summed E-state index contributed by atoms with van der Waals surface area (Å²) < 4.78 is 31.5. The van der Waals surface area contributed by atoms with E-state index >= 15 is 0 Å². The lowest BCUT2D eigenvalue weighted by atomic mass is 9.81. The highest BCUT2D eigenvalue weighted by Crippen LogP contribution is 2.41. The van der Waals surface area contributed by atoms with Gasteiger partial charge in [0, 0.05) is 37.0 Å². The summed E-state index contributed by atoms with van der Waals surface area (Å²) in [5, 5.41) is 0. The molecule has 0 aromatic heterocycles. The minimum absolute atomic E-state index is 0.0213. The van der Waals surface area contributed by atoms with Gasteiger partial charge in [0.15, 0.2) is 0 Å². The second-order valence-electron chi connectivity index (χ2n) is 5.82. The fourth-order valence-corrected chi connectivity index (χ4v) is 3.58. The largest absolute Gasteiger partial charge is 0.380 e. The maximum atomic E-state index is 11.6. The molecule has 1 N–H and O–H groups in total. The molecule has 0 aliphatic carbocycles. The Kier molecular flexibility index (Phi) is 4.02. The Morgan fingerprint density at radius 3 is 2.83 bits per heavy atom. The number of hydrogen-bond acceptors (Lipinski definition) is 4. The van der Waals surface area contributed by atoms with Crippen molar-refractivity contribution < 1.29 is 13.2 Å². The van der Waals surface area contributed by atoms with Gasteiger partial charge in [-0.05, 0) is 20.8 Å². The first-order valence-corrected chi connectivity index (χ1v) is 8.33. The van der Waals surface area contributed by atoms with Gasteiger partial charge < -0.3 is 4.74 Å². The van der Waals surface area contributed by atoms with Crippen LogP contribution in [-0.4, -0.2) is 58.0 Å². The van der Waals surface area contributed by atoms with E-state index in [0.717, 1.165) is 19.7 Å². The predicted molar refractivity (Wildman–Crippen MR) is 70.9 cm³/mol. The van der Waals surface area contributed by atoms with Gasteiger partial charge in [0.25, 0.3) is 0 Å². The van der Waals surface area contributed by atoms with Gasteiger partial charge in [-0.25, -0.2) is 13.1 Å². The number of nitrogens with zero attached hydrogens (tertiary/aromatic N) is 1. The third kappa shape index (κ3) is 2.71. The third-order valence-electron chi connectivity index (χ3n) is 4.30. The number of sulfonamides is 1. The smallest absolute Gasteiger partial charge is 0.211 e. The van der Waals surface area contributed by atoms with Crippen LogP contribution in [0.4, 0.5) is 0 Å². The lowest BCUT2D eigenvalue weighted by Gasteiger charge is -2.28. The zero-order valence-corrected chi connectivity index (χ0v) is 12.3. The average Bonchev–Trinajstić information content (AvgIpc) is 2.83. The van der Waals surface area contributed by atoms with Crippen molar-refractivity contribution in [3.8, 4) is 0 Å². The number of nitrogens with one attached hydrogen (secondary N) is 1.